The van der Waals surface area contributed by atoms with Gasteiger partial charge in [0.2, 0.25) is 0 Å². The average molecular weight is 351 g/mol. The number of rotatable bonds is 8. The van der Waals surface area contributed by atoms with Gasteiger partial charge in [-0.3, -0.25) is 0 Å². The zero-order valence-corrected chi connectivity index (χ0v) is 14.0. The highest BCUT2D eigenvalue weighted by Crippen LogP contribution is 2.16. The van der Waals surface area contributed by atoms with Crippen LogP contribution in [0.4, 0.5) is 0 Å². The topological polar surface area (TPSA) is 65.0 Å². The summed E-state index contributed by atoms with van der Waals surface area (Å²) >= 11 is 5.76. The number of aryl methyl sites for hydroxylation is 1. The van der Waals surface area contributed by atoms with Crippen LogP contribution >= 0.6 is 11.6 Å². The van der Waals surface area contributed by atoms with Crippen LogP contribution in [-0.4, -0.2) is 37.0 Å². The molecular formula is C18H19ClO5. The Kier molecular flexibility index (Phi) is 6.90. The Hall–Kier alpha value is -2.24. The van der Waals surface area contributed by atoms with Crippen LogP contribution in [0, 0.1) is 6.92 Å². The van der Waals surface area contributed by atoms with Crippen LogP contribution < -0.4 is 9.47 Å². The summed E-state index contributed by atoms with van der Waals surface area (Å²) in [7, 11) is 0. The van der Waals surface area contributed by atoms with Crippen molar-refractivity contribution in [2.24, 2.45) is 0 Å². The SMILES string of the molecule is Cc1ccccc1OCC(O)COC(=O)COc1ccc(Cl)cc1. The number of aliphatic hydroxyl groups is 1. The molecule has 0 heterocycles. The van der Waals surface area contributed by atoms with Crippen LogP contribution in [-0.2, 0) is 9.53 Å². The van der Waals surface area contributed by atoms with Crippen molar-refractivity contribution in [1.29, 1.82) is 0 Å². The number of ether oxygens (including phenoxy) is 3. The number of carbonyl (C=O) groups excluding carboxylic acids is 1. The van der Waals surface area contributed by atoms with Gasteiger partial charge in [-0.1, -0.05) is 29.8 Å². The molecule has 0 aliphatic rings. The summed E-state index contributed by atoms with van der Waals surface area (Å²) in [5.74, 6) is 0.633. The lowest BCUT2D eigenvalue weighted by Gasteiger charge is -2.14. The van der Waals surface area contributed by atoms with Gasteiger partial charge in [-0.25, -0.2) is 4.79 Å². The number of benzene rings is 2. The monoisotopic (exact) mass is 350 g/mol. The first-order chi connectivity index (χ1) is 11.5. The number of para-hydroxylation sites is 1. The average Bonchev–Trinajstić information content (AvgIpc) is 2.58. The van der Waals surface area contributed by atoms with Crippen molar-refractivity contribution < 1.29 is 24.1 Å². The minimum Gasteiger partial charge on any atom is -0.490 e. The van der Waals surface area contributed by atoms with Gasteiger partial charge < -0.3 is 19.3 Å². The van der Waals surface area contributed by atoms with Crippen LogP contribution in [0.15, 0.2) is 48.5 Å². The summed E-state index contributed by atoms with van der Waals surface area (Å²) in [4.78, 5) is 11.6. The van der Waals surface area contributed by atoms with E-state index in [1.54, 1.807) is 24.3 Å². The first-order valence-electron chi connectivity index (χ1n) is 7.45. The Morgan fingerprint density at radius 2 is 1.79 bits per heavy atom. The number of carbonyl (C=O) groups is 1. The molecule has 2 aromatic rings. The van der Waals surface area contributed by atoms with E-state index in [2.05, 4.69) is 0 Å². The quantitative estimate of drug-likeness (QED) is 0.741. The van der Waals surface area contributed by atoms with Crippen LogP contribution in [0.3, 0.4) is 0 Å². The van der Waals surface area contributed by atoms with Gasteiger partial charge >= 0.3 is 5.97 Å². The molecule has 0 fully saturated rings. The molecule has 0 saturated carbocycles. The highest BCUT2D eigenvalue weighted by atomic mass is 35.5. The number of esters is 1. The van der Waals surface area contributed by atoms with Gasteiger partial charge in [0.25, 0.3) is 0 Å². The van der Waals surface area contributed by atoms with Gasteiger partial charge in [-0.05, 0) is 42.8 Å². The van der Waals surface area contributed by atoms with E-state index in [1.165, 1.54) is 0 Å². The number of halogens is 1. The molecule has 0 bridgehead atoms. The van der Waals surface area contributed by atoms with Gasteiger partial charge in [0.15, 0.2) is 6.61 Å². The van der Waals surface area contributed by atoms with Crippen molar-refractivity contribution in [1.82, 2.24) is 0 Å². The molecule has 2 aromatic carbocycles. The van der Waals surface area contributed by atoms with Crippen molar-refractivity contribution in [2.45, 2.75) is 13.0 Å². The molecule has 128 valence electrons. The molecule has 0 amide bonds. The molecule has 0 aromatic heterocycles. The van der Waals surface area contributed by atoms with E-state index in [-0.39, 0.29) is 19.8 Å². The van der Waals surface area contributed by atoms with E-state index >= 15 is 0 Å². The third-order valence-electron chi connectivity index (χ3n) is 3.13. The highest BCUT2D eigenvalue weighted by molar-refractivity contribution is 6.30. The second-order valence-electron chi connectivity index (χ2n) is 5.16. The van der Waals surface area contributed by atoms with E-state index in [4.69, 9.17) is 25.8 Å². The fourth-order valence-electron chi connectivity index (χ4n) is 1.86. The van der Waals surface area contributed by atoms with E-state index in [1.807, 2.05) is 31.2 Å². The normalized spacial score (nSPS) is 11.6. The lowest BCUT2D eigenvalue weighted by molar-refractivity contribution is -0.149. The summed E-state index contributed by atoms with van der Waals surface area (Å²) in [6.07, 6.45) is -0.913. The highest BCUT2D eigenvalue weighted by Gasteiger charge is 2.11. The van der Waals surface area contributed by atoms with E-state index in [9.17, 15) is 9.90 Å². The Morgan fingerprint density at radius 1 is 1.08 bits per heavy atom. The van der Waals surface area contributed by atoms with Crippen molar-refractivity contribution in [3.63, 3.8) is 0 Å². The number of hydrogen-bond donors (Lipinski definition) is 1. The minimum absolute atomic E-state index is 0.0379. The fourth-order valence-corrected chi connectivity index (χ4v) is 1.98. The molecule has 0 saturated heterocycles. The first kappa shape index (κ1) is 18.1. The maximum absolute atomic E-state index is 11.6. The van der Waals surface area contributed by atoms with E-state index < -0.39 is 12.1 Å². The summed E-state index contributed by atoms with van der Waals surface area (Å²) < 4.78 is 15.7. The van der Waals surface area contributed by atoms with Crippen LogP contribution in [0.25, 0.3) is 0 Å². The lowest BCUT2D eigenvalue weighted by atomic mass is 10.2. The zero-order chi connectivity index (χ0) is 17.4. The molecule has 1 unspecified atom stereocenters. The molecule has 0 aliphatic heterocycles. The molecule has 24 heavy (non-hydrogen) atoms. The second kappa shape index (κ2) is 9.15. The fraction of sp³-hybridized carbons (Fsp3) is 0.278. The Labute approximate surface area is 145 Å². The number of aliphatic hydroxyl groups excluding tert-OH is 1. The molecule has 0 spiro atoms. The molecule has 1 atom stereocenters. The standard InChI is InChI=1S/C18H19ClO5/c1-13-4-2-3-5-17(13)23-10-15(20)11-24-18(21)12-22-16-8-6-14(19)7-9-16/h2-9,15,20H,10-12H2,1H3. The summed E-state index contributed by atoms with van der Waals surface area (Å²) in [5.41, 5.74) is 0.970. The van der Waals surface area contributed by atoms with Crippen molar-refractivity contribution >= 4 is 17.6 Å². The van der Waals surface area contributed by atoms with Gasteiger partial charge in [0.1, 0.15) is 30.8 Å². The molecule has 6 heteroatoms. The third kappa shape index (κ3) is 6.10. The van der Waals surface area contributed by atoms with Gasteiger partial charge in [-0.2, -0.15) is 0 Å². The summed E-state index contributed by atoms with van der Waals surface area (Å²) in [6.45, 7) is 1.55. The largest absolute Gasteiger partial charge is 0.490 e. The van der Waals surface area contributed by atoms with E-state index in [0.29, 0.717) is 16.5 Å². The van der Waals surface area contributed by atoms with E-state index in [0.717, 1.165) is 5.56 Å². The van der Waals surface area contributed by atoms with Crippen LogP contribution in [0.1, 0.15) is 5.56 Å². The second-order valence-corrected chi connectivity index (χ2v) is 5.59. The summed E-state index contributed by atoms with van der Waals surface area (Å²) in [6, 6.07) is 14.1. The maximum Gasteiger partial charge on any atom is 0.344 e. The van der Waals surface area contributed by atoms with Crippen LogP contribution in [0.5, 0.6) is 11.5 Å². The number of hydrogen-bond acceptors (Lipinski definition) is 5. The van der Waals surface area contributed by atoms with Gasteiger partial charge in [0.05, 0.1) is 0 Å². The third-order valence-corrected chi connectivity index (χ3v) is 3.38. The maximum atomic E-state index is 11.6. The molecular weight excluding hydrogens is 332 g/mol. The minimum atomic E-state index is -0.913. The Morgan fingerprint density at radius 3 is 2.50 bits per heavy atom. The molecule has 0 radical (unpaired) electrons. The zero-order valence-electron chi connectivity index (χ0n) is 13.3. The van der Waals surface area contributed by atoms with Crippen molar-refractivity contribution in [3.8, 4) is 11.5 Å². The Balaban J connectivity index is 1.65. The van der Waals surface area contributed by atoms with Crippen LogP contribution in [0.2, 0.25) is 5.02 Å². The van der Waals surface area contributed by atoms with Gasteiger partial charge in [0, 0.05) is 5.02 Å². The summed E-state index contributed by atoms with van der Waals surface area (Å²) in [5, 5.41) is 10.4. The predicted octanol–water partition coefficient (Wildman–Crippen LogP) is 3.01. The lowest BCUT2D eigenvalue weighted by Crippen LogP contribution is -2.27. The Bertz CT molecular complexity index is 657. The van der Waals surface area contributed by atoms with Gasteiger partial charge in [-0.15, -0.1) is 0 Å². The predicted molar refractivity (Wildman–Crippen MR) is 90.6 cm³/mol. The first-order valence-corrected chi connectivity index (χ1v) is 7.83. The molecule has 1 N–H and O–H groups in total. The molecule has 2 rings (SSSR count). The van der Waals surface area contributed by atoms with Crippen molar-refractivity contribution in [2.75, 3.05) is 19.8 Å². The van der Waals surface area contributed by atoms with Crippen molar-refractivity contribution in [3.05, 3.63) is 59.1 Å². The smallest absolute Gasteiger partial charge is 0.344 e. The molecule has 0 aliphatic carbocycles. The molecule has 5 nitrogen and oxygen atoms in total.